The number of ketones is 2. The molecule has 1 aliphatic heterocycles. The van der Waals surface area contributed by atoms with Crippen LogP contribution in [0.3, 0.4) is 0 Å². The molecule has 1 heterocycles. The van der Waals surface area contributed by atoms with Gasteiger partial charge in [-0.3, -0.25) is 28.8 Å². The van der Waals surface area contributed by atoms with Crippen LogP contribution in [0.2, 0.25) is 0 Å². The van der Waals surface area contributed by atoms with Crippen LogP contribution < -0.4 is 16.8 Å². The summed E-state index contributed by atoms with van der Waals surface area (Å²) in [6, 6.07) is 3.64. The molecule has 40 heavy (non-hydrogen) atoms. The highest BCUT2D eigenvalue weighted by atomic mass is 19.4. The van der Waals surface area contributed by atoms with E-state index in [2.05, 4.69) is 5.32 Å². The van der Waals surface area contributed by atoms with Crippen molar-refractivity contribution in [1.29, 1.82) is 0 Å². The first-order valence-corrected chi connectivity index (χ1v) is 12.5. The molecule has 220 valence electrons. The monoisotopic (exact) mass is 570 g/mol. The zero-order valence-corrected chi connectivity index (χ0v) is 22.3. The summed E-state index contributed by atoms with van der Waals surface area (Å²) >= 11 is 0. The number of primary amides is 1. The summed E-state index contributed by atoms with van der Waals surface area (Å²) in [4.78, 5) is 75.1. The second-order valence-corrected chi connectivity index (χ2v) is 10.7. The molecule has 0 aliphatic carbocycles. The normalized spacial score (nSPS) is 19.0. The number of hydrogen-bond donors (Lipinski definition) is 4. The van der Waals surface area contributed by atoms with Crippen molar-refractivity contribution < 1.29 is 47.0 Å². The van der Waals surface area contributed by atoms with E-state index in [0.717, 1.165) is 4.90 Å². The van der Waals surface area contributed by atoms with Crippen LogP contribution in [0.15, 0.2) is 24.3 Å². The summed E-state index contributed by atoms with van der Waals surface area (Å²) in [6.07, 6.45) is -5.66. The maximum absolute atomic E-state index is 13.6. The van der Waals surface area contributed by atoms with Crippen molar-refractivity contribution in [3.05, 3.63) is 35.4 Å². The first-order chi connectivity index (χ1) is 18.3. The van der Waals surface area contributed by atoms with Crippen LogP contribution in [0.1, 0.15) is 67.2 Å². The van der Waals surface area contributed by atoms with E-state index in [4.69, 9.17) is 16.6 Å². The maximum Gasteiger partial charge on any atom is 0.449 e. The van der Waals surface area contributed by atoms with Gasteiger partial charge >= 0.3 is 12.1 Å². The van der Waals surface area contributed by atoms with Crippen molar-refractivity contribution in [3.8, 4) is 0 Å². The van der Waals surface area contributed by atoms with Crippen LogP contribution in [0, 0.1) is 11.3 Å². The number of likely N-dealkylation sites (tertiary alicyclic amines) is 1. The Bertz CT molecular complexity index is 1180. The number of carbonyl (C=O) groups excluding carboxylic acids is 5. The molecule has 0 spiro atoms. The molecule has 0 saturated carbocycles. The number of carboxylic acids is 1. The molecule has 1 saturated heterocycles. The van der Waals surface area contributed by atoms with Crippen molar-refractivity contribution >= 4 is 35.3 Å². The van der Waals surface area contributed by atoms with Crippen molar-refractivity contribution in [2.24, 2.45) is 22.8 Å². The number of carbonyl (C=O) groups is 6. The van der Waals surface area contributed by atoms with Gasteiger partial charge in [-0.25, -0.2) is 0 Å². The molecule has 14 heteroatoms. The van der Waals surface area contributed by atoms with E-state index in [9.17, 15) is 41.9 Å². The second kappa shape index (κ2) is 12.1. The predicted octanol–water partition coefficient (Wildman–Crippen LogP) is 1.43. The number of benzene rings is 1. The number of carboxylic acid groups (broad SMARTS) is 1. The molecule has 11 nitrogen and oxygen atoms in total. The van der Waals surface area contributed by atoms with Crippen molar-refractivity contribution in [3.63, 3.8) is 0 Å². The average molecular weight is 571 g/mol. The smallest absolute Gasteiger partial charge is 0.449 e. The minimum Gasteiger partial charge on any atom is -0.480 e. The molecular formula is C26H33F3N4O7. The first kappa shape index (κ1) is 32.4. The second-order valence-electron chi connectivity index (χ2n) is 10.7. The van der Waals surface area contributed by atoms with Gasteiger partial charge < -0.3 is 26.8 Å². The lowest BCUT2D eigenvalue weighted by Gasteiger charge is -2.40. The predicted molar refractivity (Wildman–Crippen MR) is 135 cm³/mol. The van der Waals surface area contributed by atoms with Gasteiger partial charge in [0.1, 0.15) is 6.54 Å². The fourth-order valence-electron chi connectivity index (χ4n) is 5.02. The van der Waals surface area contributed by atoms with Crippen LogP contribution in [-0.2, 0) is 19.2 Å². The van der Waals surface area contributed by atoms with Gasteiger partial charge in [-0.2, -0.15) is 13.2 Å². The summed E-state index contributed by atoms with van der Waals surface area (Å²) < 4.78 is 38.1. The summed E-state index contributed by atoms with van der Waals surface area (Å²) in [5.74, 6) is -7.32. The zero-order chi connectivity index (χ0) is 30.6. The van der Waals surface area contributed by atoms with Crippen molar-refractivity contribution in [2.45, 2.75) is 64.2 Å². The first-order valence-electron chi connectivity index (χ1n) is 12.5. The number of Topliss-reactive ketones (excluding diaryl/α,β-unsaturated/α-hetero) is 2. The Morgan fingerprint density at radius 1 is 1.07 bits per heavy atom. The Balaban J connectivity index is 2.28. The Kier molecular flexibility index (Phi) is 9.84. The van der Waals surface area contributed by atoms with Gasteiger partial charge in [-0.1, -0.05) is 32.9 Å². The summed E-state index contributed by atoms with van der Waals surface area (Å²) in [6.45, 7) is 3.87. The standard InChI is InChI=1S/C26H33F3N4O7/c1-14(11-17(34)26(27,28)29)12-24(2,3)19(30)22(39)33-10-4-9-25(33,23(31)40)20(37)15-5-7-16(8-6-15)21(38)32-13-18(35)36/h5-8,14,19H,4,9-13,30H2,1-3H3,(H2,31,40)(H,32,38)(H,35,36)/t14?,19-,25-/m1/s1. The molecule has 1 unspecified atom stereocenters. The molecule has 1 fully saturated rings. The number of nitrogens with one attached hydrogen (secondary N) is 1. The Morgan fingerprint density at radius 2 is 1.62 bits per heavy atom. The lowest BCUT2D eigenvalue weighted by atomic mass is 9.75. The quantitative estimate of drug-likeness (QED) is 0.214. The lowest BCUT2D eigenvalue weighted by Crippen LogP contribution is -2.65. The van der Waals surface area contributed by atoms with Crippen LogP contribution in [0.4, 0.5) is 13.2 Å². The van der Waals surface area contributed by atoms with E-state index in [0.29, 0.717) is 0 Å². The SMILES string of the molecule is CC(CC(=O)C(F)(F)F)CC(C)(C)[C@H](N)C(=O)N1CCC[C@]1(C(N)=O)C(=O)c1ccc(C(=O)NCC(=O)O)cc1. The van der Waals surface area contributed by atoms with Gasteiger partial charge in [0.15, 0.2) is 11.3 Å². The number of amides is 3. The third-order valence-electron chi connectivity index (χ3n) is 7.07. The lowest BCUT2D eigenvalue weighted by molar-refractivity contribution is -0.172. The number of nitrogens with two attached hydrogens (primary N) is 2. The molecule has 2 rings (SSSR count). The molecule has 3 atom stereocenters. The minimum absolute atomic E-state index is 0.0293. The van der Waals surface area contributed by atoms with Gasteiger partial charge in [0, 0.05) is 24.1 Å². The van der Waals surface area contributed by atoms with E-state index >= 15 is 0 Å². The van der Waals surface area contributed by atoms with E-state index in [1.54, 1.807) is 13.8 Å². The highest BCUT2D eigenvalue weighted by Crippen LogP contribution is 2.37. The fourth-order valence-corrected chi connectivity index (χ4v) is 5.02. The van der Waals surface area contributed by atoms with E-state index in [1.807, 2.05) is 0 Å². The Labute approximate surface area is 228 Å². The summed E-state index contributed by atoms with van der Waals surface area (Å²) in [5, 5.41) is 10.9. The number of alkyl halides is 3. The zero-order valence-electron chi connectivity index (χ0n) is 22.3. The highest BCUT2D eigenvalue weighted by molar-refractivity contribution is 6.19. The van der Waals surface area contributed by atoms with Crippen LogP contribution in [0.5, 0.6) is 0 Å². The fraction of sp³-hybridized carbons (Fsp3) is 0.538. The van der Waals surface area contributed by atoms with Gasteiger partial charge in [-0.15, -0.1) is 0 Å². The van der Waals surface area contributed by atoms with E-state index in [1.165, 1.54) is 31.2 Å². The number of halogens is 3. The highest BCUT2D eigenvalue weighted by Gasteiger charge is 2.56. The Morgan fingerprint density at radius 3 is 2.12 bits per heavy atom. The van der Waals surface area contributed by atoms with Gasteiger partial charge in [0.05, 0.1) is 6.04 Å². The number of rotatable bonds is 12. The molecule has 3 amide bonds. The van der Waals surface area contributed by atoms with Gasteiger partial charge in [0.25, 0.3) is 11.8 Å². The number of hydrogen-bond acceptors (Lipinski definition) is 7. The molecule has 1 aliphatic rings. The van der Waals surface area contributed by atoms with Crippen LogP contribution >= 0.6 is 0 Å². The van der Waals surface area contributed by atoms with Crippen LogP contribution in [0.25, 0.3) is 0 Å². The molecule has 6 N–H and O–H groups in total. The van der Waals surface area contributed by atoms with Crippen molar-refractivity contribution in [1.82, 2.24) is 10.2 Å². The molecule has 0 aromatic heterocycles. The number of aliphatic carboxylic acids is 1. The van der Waals surface area contributed by atoms with Gasteiger partial charge in [0.2, 0.25) is 11.7 Å². The average Bonchev–Trinajstić information content (AvgIpc) is 3.31. The Hall–Kier alpha value is -3.81. The third kappa shape index (κ3) is 7.03. The number of nitrogens with zero attached hydrogens (tertiary/aromatic N) is 1. The molecule has 1 aromatic carbocycles. The molecule has 0 bridgehead atoms. The summed E-state index contributed by atoms with van der Waals surface area (Å²) in [5.41, 5.74) is 8.72. The van der Waals surface area contributed by atoms with Gasteiger partial charge in [-0.05, 0) is 42.7 Å². The van der Waals surface area contributed by atoms with E-state index in [-0.39, 0.29) is 36.9 Å². The minimum atomic E-state index is -4.98. The summed E-state index contributed by atoms with van der Waals surface area (Å²) in [7, 11) is 0. The van der Waals surface area contributed by atoms with Crippen molar-refractivity contribution in [2.75, 3.05) is 13.1 Å². The third-order valence-corrected chi connectivity index (χ3v) is 7.07. The van der Waals surface area contributed by atoms with Crippen LogP contribution in [-0.4, -0.2) is 76.1 Å². The molecule has 0 radical (unpaired) electrons. The molecular weight excluding hydrogens is 537 g/mol. The van der Waals surface area contributed by atoms with E-state index < -0.39 is 77.3 Å². The molecule has 1 aromatic rings. The maximum atomic E-state index is 13.6. The topological polar surface area (TPSA) is 190 Å². The largest absolute Gasteiger partial charge is 0.480 e.